The number of nitrogens with zero attached hydrogens (tertiary/aromatic N) is 2. The molecule has 3 aromatic rings. The van der Waals surface area contributed by atoms with Crippen LogP contribution in [0.5, 0.6) is 0 Å². The Morgan fingerprint density at radius 1 is 0.850 bits per heavy atom. The fourth-order valence-electron chi connectivity index (χ4n) is 4.31. The van der Waals surface area contributed by atoms with Gasteiger partial charge < -0.3 is 10.2 Å². The second-order valence-corrected chi connectivity index (χ2v) is 13.4. The summed E-state index contributed by atoms with van der Waals surface area (Å²) in [5, 5.41) is 2.95. The van der Waals surface area contributed by atoms with Gasteiger partial charge in [-0.1, -0.05) is 53.6 Å². The highest BCUT2D eigenvalue weighted by molar-refractivity contribution is 7.92. The second kappa shape index (κ2) is 12.3. The molecule has 40 heavy (non-hydrogen) atoms. The first kappa shape index (κ1) is 30.9. The molecule has 1 N–H and O–H groups in total. The van der Waals surface area contributed by atoms with Crippen molar-refractivity contribution >= 4 is 27.5 Å². The maximum atomic E-state index is 14.1. The molecule has 0 aliphatic heterocycles. The minimum absolute atomic E-state index is 0.0906. The van der Waals surface area contributed by atoms with Crippen molar-refractivity contribution in [2.75, 3.05) is 10.8 Å². The lowest BCUT2D eigenvalue weighted by molar-refractivity contribution is -0.140. The van der Waals surface area contributed by atoms with Crippen LogP contribution in [-0.2, 0) is 26.2 Å². The quantitative estimate of drug-likeness (QED) is 0.375. The smallest absolute Gasteiger partial charge is 0.264 e. The lowest BCUT2D eigenvalue weighted by Gasteiger charge is -2.33. The summed E-state index contributed by atoms with van der Waals surface area (Å²) in [5.41, 5.74) is 4.61. The highest BCUT2D eigenvalue weighted by atomic mass is 32.2. The van der Waals surface area contributed by atoms with Crippen LogP contribution in [0.4, 0.5) is 5.69 Å². The normalized spacial score (nSPS) is 12.5. The number of benzene rings is 3. The fourth-order valence-corrected chi connectivity index (χ4v) is 5.72. The van der Waals surface area contributed by atoms with Gasteiger partial charge in [0.1, 0.15) is 12.6 Å². The van der Waals surface area contributed by atoms with Gasteiger partial charge >= 0.3 is 0 Å². The van der Waals surface area contributed by atoms with Crippen molar-refractivity contribution in [2.24, 2.45) is 0 Å². The molecule has 0 unspecified atom stereocenters. The van der Waals surface area contributed by atoms with Crippen LogP contribution in [-0.4, -0.2) is 43.3 Å². The van der Waals surface area contributed by atoms with Crippen LogP contribution in [0.25, 0.3) is 0 Å². The van der Waals surface area contributed by atoms with E-state index < -0.39 is 34.1 Å². The highest BCUT2D eigenvalue weighted by Crippen LogP contribution is 2.27. The molecule has 2 amide bonds. The number of hydrogen-bond donors (Lipinski definition) is 1. The first-order chi connectivity index (χ1) is 18.6. The van der Waals surface area contributed by atoms with Crippen molar-refractivity contribution in [3.8, 4) is 0 Å². The Hall–Kier alpha value is -3.65. The largest absolute Gasteiger partial charge is 0.350 e. The van der Waals surface area contributed by atoms with Crippen LogP contribution in [0.1, 0.15) is 55.5 Å². The van der Waals surface area contributed by atoms with Gasteiger partial charge in [0.05, 0.1) is 10.6 Å². The molecule has 3 rings (SSSR count). The van der Waals surface area contributed by atoms with E-state index in [9.17, 15) is 18.0 Å². The summed E-state index contributed by atoms with van der Waals surface area (Å²) >= 11 is 0. The van der Waals surface area contributed by atoms with Crippen LogP contribution >= 0.6 is 0 Å². The molecule has 3 aromatic carbocycles. The number of amides is 2. The highest BCUT2D eigenvalue weighted by Gasteiger charge is 2.33. The summed E-state index contributed by atoms with van der Waals surface area (Å²) in [4.78, 5) is 28.8. The van der Waals surface area contributed by atoms with Crippen molar-refractivity contribution < 1.29 is 18.0 Å². The molecule has 1 atom stereocenters. The van der Waals surface area contributed by atoms with Gasteiger partial charge in [-0.15, -0.1) is 0 Å². The van der Waals surface area contributed by atoms with E-state index in [1.165, 1.54) is 4.90 Å². The van der Waals surface area contributed by atoms with E-state index in [0.29, 0.717) is 5.69 Å². The Kier molecular flexibility index (Phi) is 9.46. The molecule has 8 heteroatoms. The first-order valence-corrected chi connectivity index (χ1v) is 14.9. The van der Waals surface area contributed by atoms with Gasteiger partial charge in [0.2, 0.25) is 11.8 Å². The SMILES string of the molecule is Cc1ccc(S(=O)(=O)N(CC(=O)N(Cc2cccc(C)c2)[C@@H](C)C(=O)NC(C)(C)C)c2ccc(C)c(C)c2)cc1. The minimum Gasteiger partial charge on any atom is -0.350 e. The summed E-state index contributed by atoms with van der Waals surface area (Å²) < 4.78 is 29.1. The molecule has 0 radical (unpaired) electrons. The van der Waals surface area contributed by atoms with Gasteiger partial charge in [-0.2, -0.15) is 0 Å². The van der Waals surface area contributed by atoms with Gasteiger partial charge in [-0.3, -0.25) is 13.9 Å². The van der Waals surface area contributed by atoms with Crippen molar-refractivity contribution in [2.45, 2.75) is 78.4 Å². The molecule has 0 aromatic heterocycles. The van der Waals surface area contributed by atoms with Gasteiger partial charge in [0.25, 0.3) is 10.0 Å². The molecule has 0 aliphatic carbocycles. The van der Waals surface area contributed by atoms with E-state index in [2.05, 4.69) is 5.32 Å². The van der Waals surface area contributed by atoms with E-state index in [1.54, 1.807) is 43.3 Å². The number of hydrogen-bond acceptors (Lipinski definition) is 4. The van der Waals surface area contributed by atoms with Crippen LogP contribution in [0.15, 0.2) is 71.6 Å². The first-order valence-electron chi connectivity index (χ1n) is 13.4. The van der Waals surface area contributed by atoms with E-state index in [1.807, 2.05) is 78.8 Å². The molecule has 214 valence electrons. The monoisotopic (exact) mass is 563 g/mol. The molecule has 0 fully saturated rings. The van der Waals surface area contributed by atoms with E-state index in [0.717, 1.165) is 32.1 Å². The number of carbonyl (C=O) groups is 2. The van der Waals surface area contributed by atoms with Gasteiger partial charge in [-0.05, 0) is 96.3 Å². The summed E-state index contributed by atoms with van der Waals surface area (Å²) in [6.07, 6.45) is 0. The number of rotatable bonds is 9. The Bertz CT molecular complexity index is 1470. The van der Waals surface area contributed by atoms with Crippen LogP contribution in [0.2, 0.25) is 0 Å². The molecular weight excluding hydrogens is 522 g/mol. The second-order valence-electron chi connectivity index (χ2n) is 11.5. The van der Waals surface area contributed by atoms with Crippen molar-refractivity contribution in [3.63, 3.8) is 0 Å². The number of anilines is 1. The summed E-state index contributed by atoms with van der Waals surface area (Å²) in [7, 11) is -4.10. The molecule has 0 aliphatic rings. The fraction of sp³-hybridized carbons (Fsp3) is 0.375. The molecule has 0 saturated heterocycles. The predicted molar refractivity (Wildman–Crippen MR) is 161 cm³/mol. The molecule has 0 spiro atoms. The Morgan fingerprint density at radius 3 is 2.08 bits per heavy atom. The average molecular weight is 564 g/mol. The van der Waals surface area contributed by atoms with Crippen LogP contribution < -0.4 is 9.62 Å². The standard InChI is InChI=1S/C32H41N3O4S/c1-22-12-16-29(17-13-22)40(38,39)35(28-15-14-24(3)25(4)19-28)21-30(36)34(20-27-11-9-10-23(2)18-27)26(5)31(37)33-32(6,7)8/h9-19,26H,20-21H2,1-8H3,(H,33,37)/t26-/m0/s1. The Morgan fingerprint density at radius 2 is 1.50 bits per heavy atom. The number of nitrogens with one attached hydrogen (secondary N) is 1. The Balaban J connectivity index is 2.07. The average Bonchev–Trinajstić information content (AvgIpc) is 2.86. The maximum absolute atomic E-state index is 14.1. The third kappa shape index (κ3) is 7.72. The predicted octanol–water partition coefficient (Wildman–Crippen LogP) is 5.45. The molecule has 0 heterocycles. The molecule has 0 bridgehead atoms. The third-order valence-corrected chi connectivity index (χ3v) is 8.56. The summed E-state index contributed by atoms with van der Waals surface area (Å²) in [5.74, 6) is -0.792. The molecule has 0 saturated carbocycles. The lowest BCUT2D eigenvalue weighted by atomic mass is 10.1. The van der Waals surface area contributed by atoms with Crippen LogP contribution in [0, 0.1) is 27.7 Å². The summed E-state index contributed by atoms with van der Waals surface area (Å²) in [6, 6.07) is 18.8. The number of carbonyl (C=O) groups excluding carboxylic acids is 2. The topological polar surface area (TPSA) is 86.8 Å². The van der Waals surface area contributed by atoms with Crippen molar-refractivity contribution in [1.29, 1.82) is 0 Å². The zero-order chi connectivity index (χ0) is 29.8. The van der Waals surface area contributed by atoms with Gasteiger partial charge in [0, 0.05) is 12.1 Å². The van der Waals surface area contributed by atoms with Crippen molar-refractivity contribution in [1.82, 2.24) is 10.2 Å². The summed E-state index contributed by atoms with van der Waals surface area (Å²) in [6.45, 7) is 14.7. The van der Waals surface area contributed by atoms with Gasteiger partial charge in [-0.25, -0.2) is 8.42 Å². The minimum atomic E-state index is -4.10. The number of sulfonamides is 1. The third-order valence-electron chi connectivity index (χ3n) is 6.77. The number of aryl methyl sites for hydroxylation is 4. The van der Waals surface area contributed by atoms with Crippen molar-refractivity contribution in [3.05, 3.63) is 94.5 Å². The van der Waals surface area contributed by atoms with E-state index in [4.69, 9.17) is 0 Å². The van der Waals surface area contributed by atoms with E-state index in [-0.39, 0.29) is 17.3 Å². The molecular formula is C32H41N3O4S. The zero-order valence-corrected chi connectivity index (χ0v) is 25.6. The van der Waals surface area contributed by atoms with E-state index >= 15 is 0 Å². The maximum Gasteiger partial charge on any atom is 0.264 e. The molecule has 7 nitrogen and oxygen atoms in total. The van der Waals surface area contributed by atoms with Gasteiger partial charge in [0.15, 0.2) is 0 Å². The van der Waals surface area contributed by atoms with Crippen LogP contribution in [0.3, 0.4) is 0 Å². The lowest BCUT2D eigenvalue weighted by Crippen LogP contribution is -2.54. The Labute approximate surface area is 239 Å². The zero-order valence-electron chi connectivity index (χ0n) is 24.8.